The SMILES string of the molecule is CC.CCc1c(C)cc(C(=O)OC)cc1P. The number of carbonyl (C=O) groups is 1. The van der Waals surface area contributed by atoms with Crippen LogP contribution >= 0.6 is 9.24 Å². The number of benzene rings is 1. The van der Waals surface area contributed by atoms with E-state index in [0.717, 1.165) is 17.3 Å². The zero-order valence-electron chi connectivity index (χ0n) is 10.8. The van der Waals surface area contributed by atoms with Gasteiger partial charge in [0.15, 0.2) is 0 Å². The van der Waals surface area contributed by atoms with Crippen molar-refractivity contribution in [3.8, 4) is 0 Å². The Bertz CT molecular complexity index is 336. The Hall–Kier alpha value is -0.880. The zero-order chi connectivity index (χ0) is 12.7. The second-order valence-electron chi connectivity index (χ2n) is 3.21. The van der Waals surface area contributed by atoms with Crippen molar-refractivity contribution in [1.29, 1.82) is 0 Å². The van der Waals surface area contributed by atoms with E-state index in [1.807, 2.05) is 32.9 Å². The van der Waals surface area contributed by atoms with Crippen LogP contribution in [0.4, 0.5) is 0 Å². The lowest BCUT2D eigenvalue weighted by Crippen LogP contribution is -2.10. The monoisotopic (exact) mass is 240 g/mol. The van der Waals surface area contributed by atoms with Gasteiger partial charge in [0.2, 0.25) is 0 Å². The van der Waals surface area contributed by atoms with Gasteiger partial charge in [-0.15, -0.1) is 9.24 Å². The molecule has 16 heavy (non-hydrogen) atoms. The summed E-state index contributed by atoms with van der Waals surface area (Å²) in [5.74, 6) is -0.278. The summed E-state index contributed by atoms with van der Waals surface area (Å²) in [5.41, 5.74) is 3.04. The fourth-order valence-corrected chi connectivity index (χ4v) is 2.17. The molecule has 1 aromatic rings. The third kappa shape index (κ3) is 3.61. The lowest BCUT2D eigenvalue weighted by atomic mass is 10.0. The Balaban J connectivity index is 0.00000106. The van der Waals surface area contributed by atoms with Gasteiger partial charge in [-0.1, -0.05) is 20.8 Å². The molecular weight excluding hydrogens is 219 g/mol. The van der Waals surface area contributed by atoms with Crippen LogP contribution in [0.2, 0.25) is 0 Å². The largest absolute Gasteiger partial charge is 0.465 e. The van der Waals surface area contributed by atoms with Crippen LogP contribution < -0.4 is 5.30 Å². The molecule has 0 spiro atoms. The minimum Gasteiger partial charge on any atom is -0.465 e. The number of rotatable bonds is 2. The summed E-state index contributed by atoms with van der Waals surface area (Å²) < 4.78 is 4.67. The minimum atomic E-state index is -0.278. The van der Waals surface area contributed by atoms with Crippen molar-refractivity contribution in [1.82, 2.24) is 0 Å². The number of carbonyl (C=O) groups excluding carboxylic acids is 1. The lowest BCUT2D eigenvalue weighted by Gasteiger charge is -2.09. The van der Waals surface area contributed by atoms with Crippen LogP contribution in [0.3, 0.4) is 0 Å². The first-order chi connectivity index (χ1) is 7.60. The number of hydrogen-bond acceptors (Lipinski definition) is 2. The predicted octanol–water partition coefficient (Wildman–Crippen LogP) is 2.87. The molecule has 0 heterocycles. The van der Waals surface area contributed by atoms with Gasteiger partial charge in [0.1, 0.15) is 0 Å². The predicted molar refractivity (Wildman–Crippen MR) is 72.6 cm³/mol. The molecule has 0 amide bonds. The summed E-state index contributed by atoms with van der Waals surface area (Å²) in [6.07, 6.45) is 0.978. The van der Waals surface area contributed by atoms with Crippen LogP contribution in [0, 0.1) is 6.92 Å². The number of ether oxygens (including phenoxy) is 1. The fraction of sp³-hybridized carbons (Fsp3) is 0.462. The summed E-state index contributed by atoms with van der Waals surface area (Å²) in [4.78, 5) is 11.3. The van der Waals surface area contributed by atoms with Crippen molar-refractivity contribution in [2.24, 2.45) is 0 Å². The molecule has 0 aliphatic heterocycles. The van der Waals surface area contributed by atoms with E-state index in [-0.39, 0.29) is 5.97 Å². The van der Waals surface area contributed by atoms with Gasteiger partial charge in [0.05, 0.1) is 12.7 Å². The van der Waals surface area contributed by atoms with Gasteiger partial charge >= 0.3 is 5.97 Å². The maximum absolute atomic E-state index is 11.3. The molecule has 3 heteroatoms. The third-order valence-electron chi connectivity index (χ3n) is 2.28. The molecule has 0 bridgehead atoms. The quantitative estimate of drug-likeness (QED) is 0.587. The van der Waals surface area contributed by atoms with Gasteiger partial charge < -0.3 is 4.74 Å². The summed E-state index contributed by atoms with van der Waals surface area (Å²) in [6, 6.07) is 3.72. The Morgan fingerprint density at radius 1 is 1.38 bits per heavy atom. The standard InChI is InChI=1S/C11H15O2P.C2H6/c1-4-9-7(2)5-8(6-10(9)14)11(12)13-3;1-2/h5-6H,4,14H2,1-3H3;1-2H3. The second-order valence-corrected chi connectivity index (χ2v) is 3.83. The van der Waals surface area contributed by atoms with Crippen LogP contribution in [0.1, 0.15) is 42.3 Å². The summed E-state index contributed by atoms with van der Waals surface area (Å²) in [5, 5.41) is 1.08. The van der Waals surface area contributed by atoms with Crippen molar-refractivity contribution < 1.29 is 9.53 Å². The van der Waals surface area contributed by atoms with E-state index < -0.39 is 0 Å². The average Bonchev–Trinajstić information content (AvgIpc) is 2.30. The molecule has 0 fully saturated rings. The molecular formula is C13H21O2P. The molecule has 1 aromatic carbocycles. The highest BCUT2D eigenvalue weighted by atomic mass is 31.0. The van der Waals surface area contributed by atoms with Gasteiger partial charge in [-0.05, 0) is 41.9 Å². The van der Waals surface area contributed by atoms with Crippen LogP contribution in [-0.2, 0) is 11.2 Å². The molecule has 0 N–H and O–H groups in total. The van der Waals surface area contributed by atoms with Crippen LogP contribution in [-0.4, -0.2) is 13.1 Å². The highest BCUT2D eigenvalue weighted by molar-refractivity contribution is 7.27. The van der Waals surface area contributed by atoms with Crippen molar-refractivity contribution in [2.75, 3.05) is 7.11 Å². The smallest absolute Gasteiger partial charge is 0.337 e. The maximum Gasteiger partial charge on any atom is 0.337 e. The Morgan fingerprint density at radius 3 is 2.31 bits per heavy atom. The number of methoxy groups -OCH3 is 1. The topological polar surface area (TPSA) is 26.3 Å². The first-order valence-corrected chi connectivity index (χ1v) is 6.15. The molecule has 0 saturated heterocycles. The highest BCUT2D eigenvalue weighted by Gasteiger charge is 2.09. The van der Waals surface area contributed by atoms with E-state index in [1.165, 1.54) is 12.7 Å². The maximum atomic E-state index is 11.3. The Labute approximate surface area is 101 Å². The fourth-order valence-electron chi connectivity index (χ4n) is 1.56. The molecule has 0 aliphatic rings. The van der Waals surface area contributed by atoms with Gasteiger partial charge in [-0.2, -0.15) is 0 Å². The normalized spacial score (nSPS) is 9.12. The van der Waals surface area contributed by atoms with Gasteiger partial charge in [0, 0.05) is 0 Å². The van der Waals surface area contributed by atoms with Crippen molar-refractivity contribution in [3.63, 3.8) is 0 Å². The van der Waals surface area contributed by atoms with Gasteiger partial charge in [-0.3, -0.25) is 0 Å². The van der Waals surface area contributed by atoms with Gasteiger partial charge in [0.25, 0.3) is 0 Å². The van der Waals surface area contributed by atoms with E-state index in [2.05, 4.69) is 20.9 Å². The number of esters is 1. The number of aryl methyl sites for hydroxylation is 1. The molecule has 2 nitrogen and oxygen atoms in total. The number of hydrogen-bond donors (Lipinski definition) is 0. The van der Waals surface area contributed by atoms with E-state index in [4.69, 9.17) is 0 Å². The molecule has 1 rings (SSSR count). The van der Waals surface area contributed by atoms with Crippen molar-refractivity contribution in [3.05, 3.63) is 28.8 Å². The average molecular weight is 240 g/mol. The van der Waals surface area contributed by atoms with E-state index >= 15 is 0 Å². The molecule has 1 unspecified atom stereocenters. The summed E-state index contributed by atoms with van der Waals surface area (Å²) >= 11 is 0. The molecule has 0 radical (unpaired) electrons. The molecule has 1 atom stereocenters. The molecule has 0 aromatic heterocycles. The van der Waals surface area contributed by atoms with E-state index in [9.17, 15) is 4.79 Å². The third-order valence-corrected chi connectivity index (χ3v) is 2.80. The zero-order valence-corrected chi connectivity index (χ0v) is 11.9. The molecule has 0 saturated carbocycles. The second kappa shape index (κ2) is 7.40. The Kier molecular flexibility index (Phi) is 7.00. The highest BCUT2D eigenvalue weighted by Crippen LogP contribution is 2.13. The van der Waals surface area contributed by atoms with Crippen LogP contribution in [0.5, 0.6) is 0 Å². The van der Waals surface area contributed by atoms with Crippen molar-refractivity contribution in [2.45, 2.75) is 34.1 Å². The van der Waals surface area contributed by atoms with E-state index in [1.54, 1.807) is 0 Å². The van der Waals surface area contributed by atoms with Crippen LogP contribution in [0.25, 0.3) is 0 Å². The molecule has 90 valence electrons. The Morgan fingerprint density at radius 2 is 1.94 bits per heavy atom. The van der Waals surface area contributed by atoms with E-state index in [0.29, 0.717) is 5.56 Å². The first kappa shape index (κ1) is 15.1. The summed E-state index contributed by atoms with van der Waals surface area (Å²) in [7, 11) is 4.05. The van der Waals surface area contributed by atoms with Gasteiger partial charge in [-0.25, -0.2) is 4.79 Å². The van der Waals surface area contributed by atoms with Crippen LogP contribution in [0.15, 0.2) is 12.1 Å². The minimum absolute atomic E-state index is 0.278. The molecule has 0 aliphatic carbocycles. The summed E-state index contributed by atoms with van der Waals surface area (Å²) in [6.45, 7) is 8.12. The van der Waals surface area contributed by atoms with Crippen molar-refractivity contribution >= 4 is 20.5 Å². The first-order valence-electron chi connectivity index (χ1n) is 5.57. The lowest BCUT2D eigenvalue weighted by molar-refractivity contribution is 0.0600.